The molecule has 0 bridgehead atoms. The molecule has 4 N–H and O–H groups in total. The molecule has 0 unspecified atom stereocenters. The van der Waals surface area contributed by atoms with Gasteiger partial charge in [0.25, 0.3) is 0 Å². The van der Waals surface area contributed by atoms with Crippen LogP contribution in [-0.2, 0) is 16.0 Å². The highest BCUT2D eigenvalue weighted by atomic mass is 16.3. The van der Waals surface area contributed by atoms with Crippen LogP contribution in [0.2, 0.25) is 0 Å². The molecule has 6 heteroatoms. The summed E-state index contributed by atoms with van der Waals surface area (Å²) in [6, 6.07) is 5.90. The van der Waals surface area contributed by atoms with Crippen molar-refractivity contribution in [2.24, 2.45) is 5.73 Å². The minimum absolute atomic E-state index is 0.0715. The van der Waals surface area contributed by atoms with Crippen LogP contribution in [0.25, 0.3) is 0 Å². The molecule has 1 heterocycles. The molecule has 1 aliphatic rings. The predicted octanol–water partition coefficient (Wildman–Crippen LogP) is -0.780. The van der Waals surface area contributed by atoms with E-state index in [0.29, 0.717) is 19.5 Å². The summed E-state index contributed by atoms with van der Waals surface area (Å²) >= 11 is 0. The van der Waals surface area contributed by atoms with Gasteiger partial charge >= 0.3 is 0 Å². The van der Waals surface area contributed by atoms with Gasteiger partial charge in [0, 0.05) is 13.1 Å². The lowest BCUT2D eigenvalue weighted by atomic mass is 10.1. The minimum atomic E-state index is -0.671. The second-order valence-electron chi connectivity index (χ2n) is 4.59. The third-order valence-corrected chi connectivity index (χ3v) is 3.06. The Morgan fingerprint density at radius 1 is 1.42 bits per heavy atom. The van der Waals surface area contributed by atoms with Crippen molar-refractivity contribution in [3.05, 3.63) is 29.8 Å². The van der Waals surface area contributed by atoms with E-state index in [1.165, 1.54) is 4.90 Å². The van der Waals surface area contributed by atoms with Gasteiger partial charge in [-0.2, -0.15) is 0 Å². The van der Waals surface area contributed by atoms with Gasteiger partial charge in [0.05, 0.1) is 12.6 Å². The van der Waals surface area contributed by atoms with Crippen LogP contribution in [0, 0.1) is 0 Å². The maximum Gasteiger partial charge on any atom is 0.240 e. The van der Waals surface area contributed by atoms with E-state index < -0.39 is 6.04 Å². The van der Waals surface area contributed by atoms with Crippen molar-refractivity contribution in [2.45, 2.75) is 12.5 Å². The third-order valence-electron chi connectivity index (χ3n) is 3.06. The predicted molar refractivity (Wildman–Crippen MR) is 69.4 cm³/mol. The fourth-order valence-corrected chi connectivity index (χ4v) is 2.03. The van der Waals surface area contributed by atoms with E-state index in [0.717, 1.165) is 5.56 Å². The molecule has 1 aromatic carbocycles. The van der Waals surface area contributed by atoms with Crippen LogP contribution >= 0.6 is 0 Å². The molecule has 6 nitrogen and oxygen atoms in total. The Hall–Kier alpha value is -2.08. The summed E-state index contributed by atoms with van der Waals surface area (Å²) in [7, 11) is 0. The van der Waals surface area contributed by atoms with Gasteiger partial charge < -0.3 is 21.1 Å². The van der Waals surface area contributed by atoms with Crippen LogP contribution in [0.15, 0.2) is 24.3 Å². The lowest BCUT2D eigenvalue weighted by Gasteiger charge is -2.28. The molecule has 102 valence electrons. The number of hydrogen-bond donors (Lipinski definition) is 3. The van der Waals surface area contributed by atoms with Gasteiger partial charge in [0.2, 0.25) is 11.8 Å². The Balaban J connectivity index is 1.95. The summed E-state index contributed by atoms with van der Waals surface area (Å²) in [5.41, 5.74) is 6.75. The molecule has 0 spiro atoms. The zero-order valence-corrected chi connectivity index (χ0v) is 10.5. The smallest absolute Gasteiger partial charge is 0.240 e. The van der Waals surface area contributed by atoms with Gasteiger partial charge in [-0.25, -0.2) is 0 Å². The first kappa shape index (κ1) is 13.4. The van der Waals surface area contributed by atoms with E-state index in [9.17, 15) is 14.7 Å². The molecule has 1 aromatic rings. The first-order chi connectivity index (χ1) is 9.06. The molecular formula is C13H17N3O3. The van der Waals surface area contributed by atoms with Crippen LogP contribution in [0.1, 0.15) is 5.56 Å². The second kappa shape index (κ2) is 5.71. The number of carbonyl (C=O) groups excluding carboxylic acids is 2. The zero-order chi connectivity index (χ0) is 13.8. The Labute approximate surface area is 111 Å². The van der Waals surface area contributed by atoms with Crippen LogP contribution in [0.4, 0.5) is 0 Å². The van der Waals surface area contributed by atoms with Gasteiger partial charge in [-0.15, -0.1) is 0 Å². The van der Waals surface area contributed by atoms with Crippen LogP contribution in [-0.4, -0.2) is 47.5 Å². The zero-order valence-electron chi connectivity index (χ0n) is 10.5. The molecule has 2 rings (SSSR count). The number of amides is 2. The quantitative estimate of drug-likeness (QED) is 0.666. The van der Waals surface area contributed by atoms with Gasteiger partial charge in [-0.1, -0.05) is 12.1 Å². The topological polar surface area (TPSA) is 95.7 Å². The fraction of sp³-hybridized carbons (Fsp3) is 0.385. The largest absolute Gasteiger partial charge is 0.508 e. The van der Waals surface area contributed by atoms with Gasteiger partial charge in [-0.3, -0.25) is 9.59 Å². The maximum absolute atomic E-state index is 12.1. The maximum atomic E-state index is 12.1. The highest BCUT2D eigenvalue weighted by molar-refractivity contribution is 5.88. The highest BCUT2D eigenvalue weighted by Gasteiger charge is 2.25. The van der Waals surface area contributed by atoms with Crippen LogP contribution < -0.4 is 11.1 Å². The monoisotopic (exact) mass is 263 g/mol. The van der Waals surface area contributed by atoms with Gasteiger partial charge in [0.15, 0.2) is 0 Å². The first-order valence-electron chi connectivity index (χ1n) is 6.15. The number of nitrogens with one attached hydrogen (secondary N) is 1. The fourth-order valence-electron chi connectivity index (χ4n) is 2.03. The van der Waals surface area contributed by atoms with Crippen LogP contribution in [0.3, 0.4) is 0 Å². The Kier molecular flexibility index (Phi) is 4.01. The number of piperazine rings is 1. The third kappa shape index (κ3) is 3.45. The summed E-state index contributed by atoms with van der Waals surface area (Å²) in [5.74, 6) is -0.198. The van der Waals surface area contributed by atoms with E-state index in [1.54, 1.807) is 24.3 Å². The number of aromatic hydroxyl groups is 1. The Bertz CT molecular complexity index is 473. The Morgan fingerprint density at radius 2 is 2.11 bits per heavy atom. The van der Waals surface area contributed by atoms with Crippen molar-refractivity contribution in [1.82, 2.24) is 10.2 Å². The van der Waals surface area contributed by atoms with Gasteiger partial charge in [0.1, 0.15) is 5.75 Å². The molecule has 19 heavy (non-hydrogen) atoms. The minimum Gasteiger partial charge on any atom is -0.508 e. The number of phenolic OH excluding ortho intramolecular Hbond substituents is 1. The standard InChI is InChI=1S/C13H17N3O3/c14-11(7-9-1-3-10(17)4-2-9)13(19)16-6-5-15-12(18)8-16/h1-4,11,17H,5-8,14H2,(H,15,18)/t11-/m0/s1. The molecule has 0 aliphatic carbocycles. The van der Waals surface area contributed by atoms with E-state index in [4.69, 9.17) is 5.73 Å². The van der Waals surface area contributed by atoms with E-state index in [1.807, 2.05) is 0 Å². The van der Waals surface area contributed by atoms with E-state index in [-0.39, 0.29) is 24.1 Å². The van der Waals surface area contributed by atoms with Crippen molar-refractivity contribution in [1.29, 1.82) is 0 Å². The molecule has 0 aromatic heterocycles. The summed E-state index contributed by atoms with van der Waals surface area (Å²) in [5, 5.41) is 11.8. The molecule has 1 atom stereocenters. The molecule has 2 amide bonds. The number of carbonyl (C=O) groups is 2. The lowest BCUT2D eigenvalue weighted by molar-refractivity contribution is -0.139. The number of hydrogen-bond acceptors (Lipinski definition) is 4. The number of benzene rings is 1. The van der Waals surface area contributed by atoms with E-state index in [2.05, 4.69) is 5.32 Å². The number of nitrogens with zero attached hydrogens (tertiary/aromatic N) is 1. The molecule has 1 aliphatic heterocycles. The second-order valence-corrected chi connectivity index (χ2v) is 4.59. The van der Waals surface area contributed by atoms with Crippen molar-refractivity contribution in [3.8, 4) is 5.75 Å². The van der Waals surface area contributed by atoms with Crippen molar-refractivity contribution < 1.29 is 14.7 Å². The molecular weight excluding hydrogens is 246 g/mol. The SMILES string of the molecule is N[C@@H](Cc1ccc(O)cc1)C(=O)N1CCNC(=O)C1. The number of nitrogens with two attached hydrogens (primary N) is 1. The molecule has 1 fully saturated rings. The average molecular weight is 263 g/mol. The molecule has 0 radical (unpaired) electrons. The highest BCUT2D eigenvalue weighted by Crippen LogP contribution is 2.11. The summed E-state index contributed by atoms with van der Waals surface area (Å²) < 4.78 is 0. The molecule has 1 saturated heterocycles. The first-order valence-corrected chi connectivity index (χ1v) is 6.15. The summed E-state index contributed by atoms with van der Waals surface area (Å²) in [6.45, 7) is 1.03. The average Bonchev–Trinajstić information content (AvgIpc) is 2.40. The van der Waals surface area contributed by atoms with Crippen LogP contribution in [0.5, 0.6) is 5.75 Å². The number of phenols is 1. The van der Waals surface area contributed by atoms with Crippen molar-refractivity contribution in [2.75, 3.05) is 19.6 Å². The van der Waals surface area contributed by atoms with Gasteiger partial charge in [-0.05, 0) is 24.1 Å². The Morgan fingerprint density at radius 3 is 2.74 bits per heavy atom. The van der Waals surface area contributed by atoms with E-state index >= 15 is 0 Å². The number of rotatable bonds is 3. The lowest BCUT2D eigenvalue weighted by Crippen LogP contribution is -2.54. The summed E-state index contributed by atoms with van der Waals surface area (Å²) in [6.07, 6.45) is 0.386. The summed E-state index contributed by atoms with van der Waals surface area (Å²) in [4.78, 5) is 24.8. The van der Waals surface area contributed by atoms with Crippen molar-refractivity contribution >= 4 is 11.8 Å². The normalized spacial score (nSPS) is 16.9. The van der Waals surface area contributed by atoms with Crippen molar-refractivity contribution in [3.63, 3.8) is 0 Å². The molecule has 0 saturated carbocycles.